The summed E-state index contributed by atoms with van der Waals surface area (Å²) in [4.78, 5) is 24.4. The second-order valence-corrected chi connectivity index (χ2v) is 8.46. The van der Waals surface area contributed by atoms with Crippen LogP contribution in [0.3, 0.4) is 0 Å². The third-order valence-electron chi connectivity index (χ3n) is 5.00. The van der Waals surface area contributed by atoms with Gasteiger partial charge in [-0.2, -0.15) is 0 Å². The summed E-state index contributed by atoms with van der Waals surface area (Å²) in [5, 5.41) is 23.9. The second-order valence-electron chi connectivity index (χ2n) is 8.46. The molecule has 0 radical (unpaired) electrons. The largest absolute Gasteiger partial charge is 0.392 e. The molecule has 0 rings (SSSR count). The molecule has 0 spiro atoms. The molecule has 30 heavy (non-hydrogen) atoms. The summed E-state index contributed by atoms with van der Waals surface area (Å²) in [6, 6.07) is 0. The minimum absolute atomic E-state index is 0.0346. The lowest BCUT2D eigenvalue weighted by molar-refractivity contribution is -0.129. The van der Waals surface area contributed by atoms with E-state index >= 15 is 0 Å². The van der Waals surface area contributed by atoms with Crippen molar-refractivity contribution in [2.45, 2.75) is 110 Å². The highest BCUT2D eigenvalue weighted by molar-refractivity contribution is 5.87. The number of allylic oxidation sites excluding steroid dienone is 1. The number of rotatable bonds is 19. The summed E-state index contributed by atoms with van der Waals surface area (Å²) in [6.45, 7) is 5.77. The number of nitrogens with one attached hydrogen (secondary N) is 2. The maximum Gasteiger partial charge on any atom is 0.227 e. The number of carbonyl (C=O) groups is 2. The molecule has 6 nitrogen and oxygen atoms in total. The molecule has 0 heterocycles. The number of unbranched alkanes of at least 4 members (excludes halogenated alkanes) is 10. The van der Waals surface area contributed by atoms with Crippen LogP contribution in [0.2, 0.25) is 0 Å². The minimum Gasteiger partial charge on any atom is -0.392 e. The summed E-state index contributed by atoms with van der Waals surface area (Å²) in [7, 11) is 0. The first-order valence-corrected chi connectivity index (χ1v) is 11.9. The second kappa shape index (κ2) is 19.6. The smallest absolute Gasteiger partial charge is 0.227 e. The third-order valence-corrected chi connectivity index (χ3v) is 5.00. The standard InChI is InChI=1S/C24H46N2O4/c1-4-5-6-7-8-9-10-11-12-13-14-15-16-22(24(30)26-19-21(3)28)17-23(29)25-18-20(2)27/h15-16,20-22,27-28H,4-14,17-19H2,1-3H3,(H,25,29)(H,26,30)/b16-15+. The Balaban J connectivity index is 4.17. The molecule has 0 aromatic rings. The predicted molar refractivity (Wildman–Crippen MR) is 123 cm³/mol. The van der Waals surface area contributed by atoms with E-state index in [1.165, 1.54) is 57.8 Å². The Kier molecular flexibility index (Phi) is 18.6. The molecule has 2 amide bonds. The zero-order valence-electron chi connectivity index (χ0n) is 19.5. The molecule has 0 aliphatic carbocycles. The van der Waals surface area contributed by atoms with Gasteiger partial charge in [0.15, 0.2) is 0 Å². The summed E-state index contributed by atoms with van der Waals surface area (Å²) in [5.74, 6) is -1.10. The van der Waals surface area contributed by atoms with Crippen molar-refractivity contribution in [2.24, 2.45) is 5.92 Å². The van der Waals surface area contributed by atoms with Gasteiger partial charge in [-0.05, 0) is 26.7 Å². The summed E-state index contributed by atoms with van der Waals surface area (Å²) >= 11 is 0. The van der Waals surface area contributed by atoms with Gasteiger partial charge in [0.2, 0.25) is 11.8 Å². The van der Waals surface area contributed by atoms with E-state index < -0.39 is 18.1 Å². The van der Waals surface area contributed by atoms with Crippen molar-refractivity contribution in [3.63, 3.8) is 0 Å². The number of aliphatic hydroxyl groups excluding tert-OH is 2. The first kappa shape index (κ1) is 28.6. The monoisotopic (exact) mass is 426 g/mol. The minimum atomic E-state index is -0.630. The lowest BCUT2D eigenvalue weighted by Crippen LogP contribution is -2.38. The highest BCUT2D eigenvalue weighted by Gasteiger charge is 2.19. The highest BCUT2D eigenvalue weighted by atomic mass is 16.3. The molecule has 0 aromatic carbocycles. The van der Waals surface area contributed by atoms with Gasteiger partial charge in [0.05, 0.1) is 18.1 Å². The van der Waals surface area contributed by atoms with Crippen molar-refractivity contribution < 1.29 is 19.8 Å². The SMILES string of the molecule is CCCCCCCCCCCC/C=C/C(CC(=O)NCC(C)O)C(=O)NCC(C)O. The van der Waals surface area contributed by atoms with Crippen LogP contribution in [-0.4, -0.2) is 47.3 Å². The van der Waals surface area contributed by atoms with E-state index in [9.17, 15) is 19.8 Å². The van der Waals surface area contributed by atoms with E-state index in [1.54, 1.807) is 19.9 Å². The van der Waals surface area contributed by atoms with Crippen LogP contribution in [0, 0.1) is 5.92 Å². The normalized spacial score (nSPS) is 14.4. The van der Waals surface area contributed by atoms with Crippen molar-refractivity contribution in [3.8, 4) is 0 Å². The van der Waals surface area contributed by atoms with Gasteiger partial charge in [0, 0.05) is 19.5 Å². The van der Waals surface area contributed by atoms with Gasteiger partial charge >= 0.3 is 0 Å². The molecule has 0 bridgehead atoms. The van der Waals surface area contributed by atoms with Gasteiger partial charge in [0.1, 0.15) is 0 Å². The lowest BCUT2D eigenvalue weighted by atomic mass is 10.0. The molecule has 3 atom stereocenters. The molecule has 0 aliphatic rings. The molecule has 0 saturated heterocycles. The van der Waals surface area contributed by atoms with E-state index in [2.05, 4.69) is 17.6 Å². The van der Waals surface area contributed by atoms with Crippen LogP contribution < -0.4 is 10.6 Å². The van der Waals surface area contributed by atoms with Crippen molar-refractivity contribution in [2.75, 3.05) is 13.1 Å². The average molecular weight is 427 g/mol. The molecule has 4 N–H and O–H groups in total. The highest BCUT2D eigenvalue weighted by Crippen LogP contribution is 2.12. The van der Waals surface area contributed by atoms with E-state index in [1.807, 2.05) is 6.08 Å². The molecule has 0 aromatic heterocycles. The number of hydrogen-bond acceptors (Lipinski definition) is 4. The fourth-order valence-corrected chi connectivity index (χ4v) is 3.17. The van der Waals surface area contributed by atoms with Gasteiger partial charge in [-0.25, -0.2) is 0 Å². The van der Waals surface area contributed by atoms with Gasteiger partial charge in [-0.1, -0.05) is 76.9 Å². The van der Waals surface area contributed by atoms with Gasteiger partial charge < -0.3 is 20.8 Å². The Morgan fingerprint density at radius 2 is 1.30 bits per heavy atom. The number of amides is 2. The van der Waals surface area contributed by atoms with E-state index in [4.69, 9.17) is 0 Å². The first-order chi connectivity index (χ1) is 14.4. The third kappa shape index (κ3) is 18.6. The average Bonchev–Trinajstić information content (AvgIpc) is 2.70. The zero-order valence-corrected chi connectivity index (χ0v) is 19.5. The van der Waals surface area contributed by atoms with E-state index in [0.717, 1.165) is 12.8 Å². The first-order valence-electron chi connectivity index (χ1n) is 11.9. The molecule has 3 unspecified atom stereocenters. The number of aliphatic hydroxyl groups is 2. The summed E-state index contributed by atoms with van der Waals surface area (Å²) in [6.07, 6.45) is 16.3. The molecule has 0 aliphatic heterocycles. The fourth-order valence-electron chi connectivity index (χ4n) is 3.17. The van der Waals surface area contributed by atoms with Gasteiger partial charge in [-0.15, -0.1) is 0 Å². The van der Waals surface area contributed by atoms with Crippen LogP contribution in [0.25, 0.3) is 0 Å². The lowest BCUT2D eigenvalue weighted by Gasteiger charge is -2.15. The van der Waals surface area contributed by atoms with Gasteiger partial charge in [0.25, 0.3) is 0 Å². The maximum atomic E-state index is 12.4. The topological polar surface area (TPSA) is 98.7 Å². The number of hydrogen-bond donors (Lipinski definition) is 4. The van der Waals surface area contributed by atoms with E-state index in [0.29, 0.717) is 0 Å². The molecule has 0 fully saturated rings. The molecule has 0 saturated carbocycles. The van der Waals surface area contributed by atoms with Crippen LogP contribution in [0.4, 0.5) is 0 Å². The summed E-state index contributed by atoms with van der Waals surface area (Å²) in [5.41, 5.74) is 0. The number of carbonyl (C=O) groups excluding carboxylic acids is 2. The Labute approximate surface area is 183 Å². The van der Waals surface area contributed by atoms with Crippen molar-refractivity contribution in [1.82, 2.24) is 10.6 Å². The summed E-state index contributed by atoms with van der Waals surface area (Å²) < 4.78 is 0. The molecule has 6 heteroatoms. The molecular weight excluding hydrogens is 380 g/mol. The van der Waals surface area contributed by atoms with Crippen molar-refractivity contribution in [1.29, 1.82) is 0 Å². The Morgan fingerprint density at radius 3 is 1.83 bits per heavy atom. The fraction of sp³-hybridized carbons (Fsp3) is 0.833. The van der Waals surface area contributed by atoms with Crippen LogP contribution in [0.15, 0.2) is 12.2 Å². The Hall–Kier alpha value is -1.40. The molecular formula is C24H46N2O4. The van der Waals surface area contributed by atoms with Crippen molar-refractivity contribution in [3.05, 3.63) is 12.2 Å². The van der Waals surface area contributed by atoms with Crippen LogP contribution >= 0.6 is 0 Å². The van der Waals surface area contributed by atoms with Crippen LogP contribution in [0.5, 0.6) is 0 Å². The zero-order chi connectivity index (χ0) is 22.6. The maximum absolute atomic E-state index is 12.4. The van der Waals surface area contributed by atoms with Crippen LogP contribution in [-0.2, 0) is 9.59 Å². The Morgan fingerprint density at radius 1 is 0.800 bits per heavy atom. The van der Waals surface area contributed by atoms with Gasteiger partial charge in [-0.3, -0.25) is 9.59 Å². The Bertz CT molecular complexity index is 464. The predicted octanol–water partition coefficient (Wildman–Crippen LogP) is 3.85. The molecule has 176 valence electrons. The quantitative estimate of drug-likeness (QED) is 0.186. The van der Waals surface area contributed by atoms with E-state index in [-0.39, 0.29) is 31.3 Å². The van der Waals surface area contributed by atoms with Crippen LogP contribution in [0.1, 0.15) is 97.8 Å². The van der Waals surface area contributed by atoms with Crippen molar-refractivity contribution >= 4 is 11.8 Å².